The summed E-state index contributed by atoms with van der Waals surface area (Å²) in [5.74, 6) is 0.915. The van der Waals surface area contributed by atoms with Crippen LogP contribution >= 0.6 is 0 Å². The van der Waals surface area contributed by atoms with Crippen LogP contribution in [0.4, 0.5) is 0 Å². The van der Waals surface area contributed by atoms with E-state index in [-0.39, 0.29) is 6.04 Å². The molecule has 3 rings (SSSR count). The van der Waals surface area contributed by atoms with Crippen molar-refractivity contribution in [3.8, 4) is 5.75 Å². The molecule has 114 valence electrons. The number of benzene rings is 2. The lowest BCUT2D eigenvalue weighted by molar-refractivity contribution is 0.419. The van der Waals surface area contributed by atoms with E-state index >= 15 is 0 Å². The molecule has 0 radical (unpaired) electrons. The van der Waals surface area contributed by atoms with E-state index in [2.05, 4.69) is 41.6 Å². The van der Waals surface area contributed by atoms with Gasteiger partial charge in [0.25, 0.3) is 0 Å². The van der Waals surface area contributed by atoms with Crippen molar-refractivity contribution in [1.29, 1.82) is 0 Å². The van der Waals surface area contributed by atoms with Gasteiger partial charge in [-0.25, -0.2) is 0 Å². The fraction of sp³-hybridized carbons (Fsp3) is 0.278. The van der Waals surface area contributed by atoms with Crippen molar-refractivity contribution in [3.05, 3.63) is 59.9 Å². The Bertz CT molecular complexity index is 779. The number of nitrogens with one attached hydrogen (secondary N) is 1. The van der Waals surface area contributed by atoms with Gasteiger partial charge in [0, 0.05) is 31.2 Å². The van der Waals surface area contributed by atoms with E-state index in [0.717, 1.165) is 17.7 Å². The van der Waals surface area contributed by atoms with E-state index in [4.69, 9.17) is 4.74 Å². The standard InChI is InChI=1S/C18H21N3O/c1-13(19-12-14-10-11-20-21(14)2)15-8-9-18(22-3)17-7-5-4-6-16(15)17/h4-11,13,19H,12H2,1-3H3. The third-order valence-corrected chi connectivity index (χ3v) is 4.12. The third kappa shape index (κ3) is 2.70. The lowest BCUT2D eigenvalue weighted by Gasteiger charge is -2.18. The smallest absolute Gasteiger partial charge is 0.126 e. The fourth-order valence-corrected chi connectivity index (χ4v) is 2.79. The molecule has 0 amide bonds. The van der Waals surface area contributed by atoms with Crippen molar-refractivity contribution < 1.29 is 4.74 Å². The van der Waals surface area contributed by atoms with E-state index < -0.39 is 0 Å². The molecule has 0 aliphatic heterocycles. The summed E-state index contributed by atoms with van der Waals surface area (Å²) in [5, 5.41) is 10.1. The molecular weight excluding hydrogens is 274 g/mol. The first-order chi connectivity index (χ1) is 10.7. The second-order valence-electron chi connectivity index (χ2n) is 5.45. The summed E-state index contributed by atoms with van der Waals surface area (Å²) in [6, 6.07) is 14.8. The van der Waals surface area contributed by atoms with Gasteiger partial charge in [-0.1, -0.05) is 30.3 Å². The summed E-state index contributed by atoms with van der Waals surface area (Å²) in [6.45, 7) is 2.97. The summed E-state index contributed by atoms with van der Waals surface area (Å²) >= 11 is 0. The van der Waals surface area contributed by atoms with Crippen molar-refractivity contribution in [2.24, 2.45) is 7.05 Å². The topological polar surface area (TPSA) is 39.1 Å². The van der Waals surface area contributed by atoms with Crippen molar-refractivity contribution in [3.63, 3.8) is 0 Å². The molecule has 2 aromatic carbocycles. The Morgan fingerprint density at radius 2 is 1.91 bits per heavy atom. The minimum absolute atomic E-state index is 0.241. The number of aromatic nitrogens is 2. The van der Waals surface area contributed by atoms with Crippen LogP contribution in [0, 0.1) is 0 Å². The van der Waals surface area contributed by atoms with Gasteiger partial charge in [0.15, 0.2) is 0 Å². The van der Waals surface area contributed by atoms with Crippen LogP contribution in [0.3, 0.4) is 0 Å². The van der Waals surface area contributed by atoms with Gasteiger partial charge in [-0.15, -0.1) is 0 Å². The zero-order valence-corrected chi connectivity index (χ0v) is 13.2. The Morgan fingerprint density at radius 1 is 1.14 bits per heavy atom. The lowest BCUT2D eigenvalue weighted by atomic mass is 9.99. The van der Waals surface area contributed by atoms with E-state index in [0.29, 0.717) is 0 Å². The molecule has 1 heterocycles. The van der Waals surface area contributed by atoms with Gasteiger partial charge in [0.2, 0.25) is 0 Å². The number of ether oxygens (including phenoxy) is 1. The predicted octanol–water partition coefficient (Wildman–Crippen LogP) is 3.43. The van der Waals surface area contributed by atoms with Gasteiger partial charge in [-0.2, -0.15) is 5.10 Å². The van der Waals surface area contributed by atoms with Crippen LogP contribution in [-0.4, -0.2) is 16.9 Å². The Kier molecular flexibility index (Phi) is 4.11. The fourth-order valence-electron chi connectivity index (χ4n) is 2.79. The Hall–Kier alpha value is -2.33. The number of hydrogen-bond donors (Lipinski definition) is 1. The number of fused-ring (bicyclic) bond motifs is 1. The number of hydrogen-bond acceptors (Lipinski definition) is 3. The molecule has 0 saturated carbocycles. The first-order valence-electron chi connectivity index (χ1n) is 7.46. The molecule has 0 spiro atoms. The van der Waals surface area contributed by atoms with E-state index in [1.165, 1.54) is 16.6 Å². The molecule has 22 heavy (non-hydrogen) atoms. The zero-order valence-electron chi connectivity index (χ0n) is 13.2. The maximum atomic E-state index is 5.46. The summed E-state index contributed by atoms with van der Waals surface area (Å²) in [4.78, 5) is 0. The molecular formula is C18H21N3O. The molecule has 1 atom stereocenters. The number of nitrogens with zero attached hydrogens (tertiary/aromatic N) is 2. The van der Waals surface area contributed by atoms with Crippen molar-refractivity contribution in [1.82, 2.24) is 15.1 Å². The first-order valence-corrected chi connectivity index (χ1v) is 7.46. The van der Waals surface area contributed by atoms with Crippen LogP contribution < -0.4 is 10.1 Å². The normalized spacial score (nSPS) is 12.5. The average molecular weight is 295 g/mol. The monoisotopic (exact) mass is 295 g/mol. The Balaban J connectivity index is 1.88. The molecule has 1 aromatic heterocycles. The zero-order chi connectivity index (χ0) is 15.5. The average Bonchev–Trinajstić information content (AvgIpc) is 2.96. The van der Waals surface area contributed by atoms with Gasteiger partial charge in [0.1, 0.15) is 5.75 Å². The maximum absolute atomic E-state index is 5.46. The molecule has 4 heteroatoms. The number of rotatable bonds is 5. The Labute approximate surface area is 130 Å². The summed E-state index contributed by atoms with van der Waals surface area (Å²) in [6.07, 6.45) is 1.82. The van der Waals surface area contributed by atoms with E-state index in [9.17, 15) is 0 Å². The highest BCUT2D eigenvalue weighted by Gasteiger charge is 2.12. The molecule has 4 nitrogen and oxygen atoms in total. The molecule has 0 bridgehead atoms. The van der Waals surface area contributed by atoms with Crippen LogP contribution in [0.15, 0.2) is 48.7 Å². The maximum Gasteiger partial charge on any atom is 0.126 e. The van der Waals surface area contributed by atoms with E-state index in [1.807, 2.05) is 36.1 Å². The van der Waals surface area contributed by atoms with Crippen LogP contribution in [-0.2, 0) is 13.6 Å². The van der Waals surface area contributed by atoms with Gasteiger partial charge >= 0.3 is 0 Å². The highest BCUT2D eigenvalue weighted by molar-refractivity contribution is 5.91. The molecule has 3 aromatic rings. The van der Waals surface area contributed by atoms with Crippen LogP contribution in [0.1, 0.15) is 24.2 Å². The van der Waals surface area contributed by atoms with Crippen molar-refractivity contribution in [2.45, 2.75) is 19.5 Å². The first kappa shape index (κ1) is 14.6. The summed E-state index contributed by atoms with van der Waals surface area (Å²) < 4.78 is 7.36. The quantitative estimate of drug-likeness (QED) is 0.784. The summed E-state index contributed by atoms with van der Waals surface area (Å²) in [7, 11) is 3.68. The van der Waals surface area contributed by atoms with Gasteiger partial charge < -0.3 is 10.1 Å². The van der Waals surface area contributed by atoms with E-state index in [1.54, 1.807) is 7.11 Å². The van der Waals surface area contributed by atoms with Crippen LogP contribution in [0.5, 0.6) is 5.75 Å². The second kappa shape index (κ2) is 6.20. The number of aryl methyl sites for hydroxylation is 1. The van der Waals surface area contributed by atoms with Crippen molar-refractivity contribution >= 4 is 10.8 Å². The molecule has 1 unspecified atom stereocenters. The van der Waals surface area contributed by atoms with Gasteiger partial charge in [-0.05, 0) is 30.0 Å². The van der Waals surface area contributed by atoms with Crippen LogP contribution in [0.2, 0.25) is 0 Å². The highest BCUT2D eigenvalue weighted by Crippen LogP contribution is 2.31. The third-order valence-electron chi connectivity index (χ3n) is 4.12. The second-order valence-corrected chi connectivity index (χ2v) is 5.45. The Morgan fingerprint density at radius 3 is 2.59 bits per heavy atom. The van der Waals surface area contributed by atoms with Gasteiger partial charge in [0.05, 0.1) is 12.8 Å². The van der Waals surface area contributed by atoms with Crippen molar-refractivity contribution in [2.75, 3.05) is 7.11 Å². The van der Waals surface area contributed by atoms with Gasteiger partial charge in [-0.3, -0.25) is 4.68 Å². The molecule has 1 N–H and O–H groups in total. The molecule has 0 fully saturated rings. The largest absolute Gasteiger partial charge is 0.496 e. The predicted molar refractivity (Wildman–Crippen MR) is 89.0 cm³/mol. The minimum Gasteiger partial charge on any atom is -0.496 e. The summed E-state index contributed by atoms with van der Waals surface area (Å²) in [5.41, 5.74) is 2.45. The minimum atomic E-state index is 0.241. The lowest BCUT2D eigenvalue weighted by Crippen LogP contribution is -2.20. The van der Waals surface area contributed by atoms with Crippen LogP contribution in [0.25, 0.3) is 10.8 Å². The molecule has 0 aliphatic carbocycles. The molecule has 0 aliphatic rings. The SMILES string of the molecule is COc1ccc(C(C)NCc2ccnn2C)c2ccccc12. The molecule has 0 saturated heterocycles. The number of methoxy groups -OCH3 is 1. The highest BCUT2D eigenvalue weighted by atomic mass is 16.5.